The molecule has 5 heterocycles. The van der Waals surface area contributed by atoms with E-state index in [1.807, 2.05) is 26.0 Å². The number of fused-ring (bicyclic) bond motifs is 2. The first-order valence-corrected chi connectivity index (χ1v) is 11.6. The molecule has 0 bridgehead atoms. The van der Waals surface area contributed by atoms with Crippen LogP contribution in [-0.4, -0.2) is 42.1 Å². The lowest BCUT2D eigenvalue weighted by atomic mass is 9.76. The minimum atomic E-state index is -0.381. The number of aromatic nitrogens is 2. The molecule has 1 atom stereocenters. The number of carbonyl (C=O) groups is 1. The number of hydrogen-bond donors (Lipinski definition) is 3. The molecule has 6 rings (SSSR count). The van der Waals surface area contributed by atoms with E-state index in [0.717, 1.165) is 60.9 Å². The predicted octanol–water partition coefficient (Wildman–Crippen LogP) is 3.16. The van der Waals surface area contributed by atoms with Gasteiger partial charge in [0.15, 0.2) is 11.4 Å². The summed E-state index contributed by atoms with van der Waals surface area (Å²) in [4.78, 5) is 24.2. The Hall–Kier alpha value is -2.87. The fourth-order valence-corrected chi connectivity index (χ4v) is 5.71. The first-order valence-electron chi connectivity index (χ1n) is 11.6. The zero-order valence-electron chi connectivity index (χ0n) is 18.7. The third-order valence-corrected chi connectivity index (χ3v) is 7.97. The Morgan fingerprint density at radius 3 is 2.84 bits per heavy atom. The van der Waals surface area contributed by atoms with Crippen molar-refractivity contribution in [1.29, 1.82) is 0 Å². The molecule has 32 heavy (non-hydrogen) atoms. The van der Waals surface area contributed by atoms with Crippen LogP contribution < -0.4 is 20.9 Å². The molecule has 1 spiro atoms. The van der Waals surface area contributed by atoms with Crippen LogP contribution in [0.2, 0.25) is 0 Å². The van der Waals surface area contributed by atoms with Crippen molar-refractivity contribution < 1.29 is 9.21 Å². The summed E-state index contributed by atoms with van der Waals surface area (Å²) in [5, 5.41) is 9.96. The molecule has 0 aromatic carbocycles. The summed E-state index contributed by atoms with van der Waals surface area (Å²) in [6.07, 6.45) is 10.2. The molecule has 1 aliphatic carbocycles. The van der Waals surface area contributed by atoms with Crippen LogP contribution in [0.4, 0.5) is 11.8 Å². The summed E-state index contributed by atoms with van der Waals surface area (Å²) in [5.41, 5.74) is 3.50. The van der Waals surface area contributed by atoms with E-state index in [9.17, 15) is 4.79 Å². The quantitative estimate of drug-likeness (QED) is 0.683. The van der Waals surface area contributed by atoms with Crippen LogP contribution in [0.1, 0.15) is 39.5 Å². The van der Waals surface area contributed by atoms with E-state index in [0.29, 0.717) is 11.4 Å². The minimum Gasteiger partial charge on any atom is -0.459 e. The largest absolute Gasteiger partial charge is 0.459 e. The number of allylic oxidation sites excluding steroid dienone is 3. The second-order valence-corrected chi connectivity index (χ2v) is 10.3. The Kier molecular flexibility index (Phi) is 4.37. The van der Waals surface area contributed by atoms with Crippen molar-refractivity contribution in [3.63, 3.8) is 0 Å². The van der Waals surface area contributed by atoms with E-state index in [2.05, 4.69) is 31.9 Å². The van der Waals surface area contributed by atoms with Gasteiger partial charge in [-0.2, -0.15) is 4.98 Å². The van der Waals surface area contributed by atoms with Gasteiger partial charge in [-0.15, -0.1) is 0 Å². The molecule has 1 amide bonds. The summed E-state index contributed by atoms with van der Waals surface area (Å²) >= 11 is 0. The van der Waals surface area contributed by atoms with Gasteiger partial charge in [-0.1, -0.05) is 19.9 Å². The highest BCUT2D eigenvalue weighted by atomic mass is 16.3. The number of nitrogens with one attached hydrogen (secondary N) is 3. The lowest BCUT2D eigenvalue weighted by Crippen LogP contribution is -2.41. The second kappa shape index (κ2) is 7.07. The van der Waals surface area contributed by atoms with Gasteiger partial charge in [0.1, 0.15) is 5.52 Å². The van der Waals surface area contributed by atoms with E-state index >= 15 is 0 Å². The van der Waals surface area contributed by atoms with Crippen LogP contribution in [0.15, 0.2) is 40.3 Å². The number of rotatable bonds is 3. The predicted molar refractivity (Wildman–Crippen MR) is 123 cm³/mol. The number of nitrogens with zero attached hydrogens (tertiary/aromatic N) is 3. The van der Waals surface area contributed by atoms with E-state index in [1.165, 1.54) is 19.3 Å². The van der Waals surface area contributed by atoms with Crippen molar-refractivity contribution in [2.75, 3.05) is 36.4 Å². The Morgan fingerprint density at radius 1 is 1.22 bits per heavy atom. The average Bonchev–Trinajstić information content (AvgIpc) is 3.48. The fourth-order valence-electron chi connectivity index (χ4n) is 5.71. The standard InChI is InChI=1S/C24H30N6O2/c1-23(2)16-4-3-15(13-18(16)27-21(23)31)26-22-28-17-5-12-32-19(17)20(29-22)30-10-7-24(8-11-30)6-9-25-14-24/h3,5,12-13,16,25H,4,6-11,14H2,1-2H3,(H,27,31)(H,26,28,29). The molecule has 3 fully saturated rings. The van der Waals surface area contributed by atoms with Crippen LogP contribution in [-0.2, 0) is 4.79 Å². The molecule has 3 N–H and O–H groups in total. The zero-order chi connectivity index (χ0) is 21.9. The number of piperidine rings is 1. The lowest BCUT2D eigenvalue weighted by Gasteiger charge is -2.39. The molecule has 168 valence electrons. The maximum Gasteiger partial charge on any atom is 0.230 e. The van der Waals surface area contributed by atoms with Gasteiger partial charge < -0.3 is 25.3 Å². The normalized spacial score (nSPS) is 26.1. The number of hydrogen-bond acceptors (Lipinski definition) is 7. The summed E-state index contributed by atoms with van der Waals surface area (Å²) < 4.78 is 5.77. The van der Waals surface area contributed by atoms with Gasteiger partial charge in [0.25, 0.3) is 0 Å². The zero-order valence-corrected chi connectivity index (χ0v) is 18.7. The minimum absolute atomic E-state index is 0.0853. The third-order valence-electron chi connectivity index (χ3n) is 7.97. The van der Waals surface area contributed by atoms with Gasteiger partial charge in [-0.05, 0) is 43.7 Å². The highest BCUT2D eigenvalue weighted by molar-refractivity contribution is 5.88. The smallest absolute Gasteiger partial charge is 0.230 e. The Balaban J connectivity index is 1.25. The van der Waals surface area contributed by atoms with Crippen molar-refractivity contribution in [3.8, 4) is 0 Å². The van der Waals surface area contributed by atoms with Crippen molar-refractivity contribution in [2.24, 2.45) is 16.7 Å². The summed E-state index contributed by atoms with van der Waals surface area (Å²) in [5.74, 6) is 1.70. The van der Waals surface area contributed by atoms with Crippen LogP contribution in [0.3, 0.4) is 0 Å². The van der Waals surface area contributed by atoms with Gasteiger partial charge in [0.2, 0.25) is 11.9 Å². The molecule has 2 aromatic heterocycles. The molecule has 3 saturated heterocycles. The number of amides is 1. The van der Waals surface area contributed by atoms with Crippen LogP contribution >= 0.6 is 0 Å². The maximum atomic E-state index is 12.3. The van der Waals surface area contributed by atoms with Gasteiger partial charge in [-0.3, -0.25) is 4.79 Å². The molecule has 8 nitrogen and oxygen atoms in total. The van der Waals surface area contributed by atoms with Gasteiger partial charge in [0.05, 0.1) is 11.7 Å². The monoisotopic (exact) mass is 434 g/mol. The first-order chi connectivity index (χ1) is 15.4. The molecule has 4 aliphatic rings. The van der Waals surface area contributed by atoms with Crippen LogP contribution in [0, 0.1) is 16.7 Å². The van der Waals surface area contributed by atoms with E-state index in [1.54, 1.807) is 6.26 Å². The molecule has 0 radical (unpaired) electrons. The second-order valence-electron chi connectivity index (χ2n) is 10.3. The van der Waals surface area contributed by atoms with E-state index in [4.69, 9.17) is 9.40 Å². The third kappa shape index (κ3) is 3.11. The Labute approximate surface area is 187 Å². The Morgan fingerprint density at radius 2 is 2.06 bits per heavy atom. The molecule has 2 aromatic rings. The number of furan rings is 1. The maximum absolute atomic E-state index is 12.3. The summed E-state index contributed by atoms with van der Waals surface area (Å²) in [7, 11) is 0. The first kappa shape index (κ1) is 19.8. The average molecular weight is 435 g/mol. The topological polar surface area (TPSA) is 95.3 Å². The molecular formula is C24H30N6O2. The van der Waals surface area contributed by atoms with Gasteiger partial charge in [0, 0.05) is 43.0 Å². The lowest BCUT2D eigenvalue weighted by molar-refractivity contribution is -0.127. The van der Waals surface area contributed by atoms with Crippen molar-refractivity contribution >= 4 is 28.8 Å². The Bertz CT molecular complexity index is 1130. The SMILES string of the molecule is CC1(C)C(=O)NC2=CC(Nc3nc(N4CCC5(CCNC5)CC4)c4occc4n3)=CCC21. The highest BCUT2D eigenvalue weighted by Gasteiger charge is 2.46. The van der Waals surface area contributed by atoms with Gasteiger partial charge >= 0.3 is 0 Å². The number of anilines is 2. The number of carbonyl (C=O) groups excluding carboxylic acids is 1. The van der Waals surface area contributed by atoms with Crippen molar-refractivity contribution in [1.82, 2.24) is 20.6 Å². The van der Waals surface area contributed by atoms with E-state index in [-0.39, 0.29) is 17.2 Å². The molecule has 1 unspecified atom stereocenters. The summed E-state index contributed by atoms with van der Waals surface area (Å²) in [6, 6.07) is 1.89. The van der Waals surface area contributed by atoms with Crippen molar-refractivity contribution in [3.05, 3.63) is 35.9 Å². The fraction of sp³-hybridized carbons (Fsp3) is 0.542. The van der Waals surface area contributed by atoms with Gasteiger partial charge in [-0.25, -0.2) is 4.98 Å². The molecule has 8 heteroatoms. The van der Waals surface area contributed by atoms with E-state index < -0.39 is 0 Å². The molecular weight excluding hydrogens is 404 g/mol. The summed E-state index contributed by atoms with van der Waals surface area (Å²) in [6.45, 7) is 8.23. The molecule has 3 aliphatic heterocycles. The van der Waals surface area contributed by atoms with Crippen LogP contribution in [0.5, 0.6) is 0 Å². The van der Waals surface area contributed by atoms with Crippen LogP contribution in [0.25, 0.3) is 11.1 Å². The molecule has 0 saturated carbocycles. The van der Waals surface area contributed by atoms with Crippen molar-refractivity contribution in [2.45, 2.75) is 39.5 Å². The highest BCUT2D eigenvalue weighted by Crippen LogP contribution is 2.43.